The molecule has 0 aromatic rings. The van der Waals surface area contributed by atoms with Crippen LogP contribution in [0.15, 0.2) is 12.7 Å². The topological polar surface area (TPSA) is 173 Å². The van der Waals surface area contributed by atoms with E-state index in [4.69, 9.17) is 47.4 Å². The van der Waals surface area contributed by atoms with Gasteiger partial charge in [0.2, 0.25) is 0 Å². The summed E-state index contributed by atoms with van der Waals surface area (Å²) in [5.74, 6) is 0.0601. The highest BCUT2D eigenvalue weighted by molar-refractivity contribution is 4.96. The first-order valence-corrected chi connectivity index (χ1v) is 17.2. The van der Waals surface area contributed by atoms with Gasteiger partial charge in [-0.25, -0.2) is 0 Å². The summed E-state index contributed by atoms with van der Waals surface area (Å²) < 4.78 is 58.0. The zero-order valence-corrected chi connectivity index (χ0v) is 30.1. The normalized spacial score (nSPS) is 32.2. The highest BCUT2D eigenvalue weighted by atomic mass is 16.7. The minimum Gasteiger partial charge on any atom is -0.390 e. The second-order valence-electron chi connectivity index (χ2n) is 13.3. The third kappa shape index (κ3) is 14.1. The first kappa shape index (κ1) is 43.3. The molecule has 14 nitrogen and oxygen atoms in total. The molecule has 2 saturated heterocycles. The van der Waals surface area contributed by atoms with Crippen molar-refractivity contribution in [3.8, 4) is 0 Å². The van der Waals surface area contributed by atoms with Crippen molar-refractivity contribution in [2.45, 2.75) is 122 Å². The maximum absolute atomic E-state index is 11.6. The van der Waals surface area contributed by atoms with Crippen LogP contribution < -0.4 is 0 Å². The van der Waals surface area contributed by atoms with Gasteiger partial charge in [-0.2, -0.15) is 0 Å². The van der Waals surface area contributed by atoms with Gasteiger partial charge in [0.25, 0.3) is 0 Å². The average Bonchev–Trinajstić information content (AvgIpc) is 3.06. The van der Waals surface area contributed by atoms with E-state index in [1.54, 1.807) is 13.0 Å². The molecule has 2 aliphatic heterocycles. The maximum atomic E-state index is 11.6. The summed E-state index contributed by atoms with van der Waals surface area (Å²) in [4.78, 5) is 0. The number of hydrogen-bond donors (Lipinski definition) is 4. The first-order chi connectivity index (χ1) is 22.9. The van der Waals surface area contributed by atoms with Crippen LogP contribution in [0.3, 0.4) is 0 Å². The maximum Gasteiger partial charge on any atom is 0.186 e. The van der Waals surface area contributed by atoms with E-state index in [2.05, 4.69) is 13.5 Å². The molecule has 4 N–H and O–H groups in total. The number of methoxy groups -OCH3 is 1. The van der Waals surface area contributed by atoms with Crippen LogP contribution in [0, 0.1) is 11.3 Å². The van der Waals surface area contributed by atoms with Crippen LogP contribution in [0.4, 0.5) is 0 Å². The molecule has 0 aromatic carbocycles. The van der Waals surface area contributed by atoms with Gasteiger partial charge in [-0.05, 0) is 26.2 Å². The quantitative estimate of drug-likeness (QED) is 0.0798. The highest BCUT2D eigenvalue weighted by Crippen LogP contribution is 2.40. The van der Waals surface area contributed by atoms with E-state index in [0.717, 1.165) is 12.8 Å². The number of unbranched alkanes of at least 4 members (excludes halogenated alkanes) is 1. The van der Waals surface area contributed by atoms with Crippen LogP contribution in [0.25, 0.3) is 0 Å². The van der Waals surface area contributed by atoms with Crippen LogP contribution >= 0.6 is 0 Å². The van der Waals surface area contributed by atoms with Gasteiger partial charge < -0.3 is 67.8 Å². The Morgan fingerprint density at radius 2 is 1.46 bits per heavy atom. The summed E-state index contributed by atoms with van der Waals surface area (Å²) in [5, 5.41) is 43.1. The van der Waals surface area contributed by atoms with E-state index in [1.165, 1.54) is 7.11 Å². The molecule has 2 aliphatic rings. The Balaban J connectivity index is 1.99. The summed E-state index contributed by atoms with van der Waals surface area (Å²) in [6.07, 6.45) is -5.67. The third-order valence-electron chi connectivity index (χ3n) is 8.78. The highest BCUT2D eigenvalue weighted by Gasteiger charge is 2.52. The fraction of sp³-hybridized carbons (Fsp3) is 0.941. The molecule has 2 heterocycles. The van der Waals surface area contributed by atoms with Crippen molar-refractivity contribution in [1.29, 1.82) is 0 Å². The molecule has 0 bridgehead atoms. The van der Waals surface area contributed by atoms with E-state index >= 15 is 0 Å². The Morgan fingerprint density at radius 1 is 0.854 bits per heavy atom. The van der Waals surface area contributed by atoms with Gasteiger partial charge in [0.05, 0.1) is 77.8 Å². The van der Waals surface area contributed by atoms with Gasteiger partial charge >= 0.3 is 0 Å². The fourth-order valence-electron chi connectivity index (χ4n) is 5.18. The molecule has 0 radical (unpaired) electrons. The lowest BCUT2D eigenvalue weighted by molar-refractivity contribution is -0.343. The second-order valence-corrected chi connectivity index (χ2v) is 13.3. The zero-order chi connectivity index (χ0) is 35.7. The standard InChI is InChI=1S/C34H64O14/c1-9-11-13-41-17-26(36)19-43-24(6)15-45-30-31(38)34(7,22(3)4)21-47-33(30)48-27-20-46-32(39-8)29(28(27)37)44-14-23(5)42-18-25(35)16-40-12-10-2/h10,22-33,35-38H,2,9,11-21H2,1,3-8H3. The Labute approximate surface area is 286 Å². The van der Waals surface area contributed by atoms with E-state index in [0.29, 0.717) is 13.2 Å². The zero-order valence-electron chi connectivity index (χ0n) is 30.1. The van der Waals surface area contributed by atoms with Gasteiger partial charge in [0.1, 0.15) is 36.6 Å². The average molecular weight is 697 g/mol. The van der Waals surface area contributed by atoms with Gasteiger partial charge in [0, 0.05) is 19.1 Å². The van der Waals surface area contributed by atoms with E-state index in [-0.39, 0.29) is 58.8 Å². The first-order valence-electron chi connectivity index (χ1n) is 17.2. The third-order valence-corrected chi connectivity index (χ3v) is 8.78. The molecular weight excluding hydrogens is 632 g/mol. The number of hydrogen-bond acceptors (Lipinski definition) is 14. The van der Waals surface area contributed by atoms with Crippen molar-refractivity contribution >= 4 is 0 Å². The summed E-state index contributed by atoms with van der Waals surface area (Å²) >= 11 is 0. The molecule has 12 unspecified atom stereocenters. The van der Waals surface area contributed by atoms with E-state index < -0.39 is 72.9 Å². The molecule has 0 aromatic heterocycles. The molecule has 2 fully saturated rings. The van der Waals surface area contributed by atoms with Crippen LogP contribution in [-0.2, 0) is 47.4 Å². The number of ether oxygens (including phenoxy) is 10. The van der Waals surface area contributed by atoms with Crippen LogP contribution in [-0.4, -0.2) is 161 Å². The number of aliphatic hydroxyl groups is 4. The van der Waals surface area contributed by atoms with E-state index in [9.17, 15) is 20.4 Å². The van der Waals surface area contributed by atoms with Gasteiger partial charge in [0.15, 0.2) is 12.6 Å². The van der Waals surface area contributed by atoms with Crippen LogP contribution in [0.2, 0.25) is 0 Å². The molecule has 12 atom stereocenters. The van der Waals surface area contributed by atoms with Crippen LogP contribution in [0.1, 0.15) is 54.4 Å². The molecule has 0 saturated carbocycles. The summed E-state index contributed by atoms with van der Waals surface area (Å²) in [6, 6.07) is 0. The Kier molecular flexibility index (Phi) is 20.7. The Morgan fingerprint density at radius 3 is 2.02 bits per heavy atom. The molecule has 284 valence electrons. The van der Waals surface area contributed by atoms with Crippen LogP contribution in [0.5, 0.6) is 0 Å². The number of rotatable bonds is 25. The summed E-state index contributed by atoms with van der Waals surface area (Å²) in [7, 11) is 1.45. The predicted molar refractivity (Wildman–Crippen MR) is 175 cm³/mol. The predicted octanol–water partition coefficient (Wildman–Crippen LogP) is 1.44. The largest absolute Gasteiger partial charge is 0.390 e. The van der Waals surface area contributed by atoms with Crippen molar-refractivity contribution in [2.75, 3.05) is 73.2 Å². The molecule has 0 aliphatic carbocycles. The summed E-state index contributed by atoms with van der Waals surface area (Å²) in [6.45, 7) is 16.9. The summed E-state index contributed by atoms with van der Waals surface area (Å²) in [5.41, 5.74) is -0.628. The van der Waals surface area contributed by atoms with Crippen molar-refractivity contribution in [3.63, 3.8) is 0 Å². The number of aliphatic hydroxyl groups excluding tert-OH is 4. The van der Waals surface area contributed by atoms with Crippen molar-refractivity contribution in [2.24, 2.45) is 11.3 Å². The molecule has 48 heavy (non-hydrogen) atoms. The van der Waals surface area contributed by atoms with Crippen molar-refractivity contribution in [1.82, 2.24) is 0 Å². The lowest BCUT2D eigenvalue weighted by Crippen LogP contribution is -2.62. The monoisotopic (exact) mass is 696 g/mol. The smallest absolute Gasteiger partial charge is 0.186 e. The lowest BCUT2D eigenvalue weighted by Gasteiger charge is -2.49. The molecule has 0 spiro atoms. The SMILES string of the molecule is C=CCOCC(O)COC(C)COC1C(OC)OCC(OC2OCC(C)(C(C)C)C(O)C2OCC(C)OCC(O)COCCCC)C1O. The van der Waals surface area contributed by atoms with Crippen molar-refractivity contribution in [3.05, 3.63) is 12.7 Å². The van der Waals surface area contributed by atoms with Gasteiger partial charge in [-0.15, -0.1) is 6.58 Å². The Hall–Kier alpha value is -0.820. The minimum absolute atomic E-state index is 0.0235. The minimum atomic E-state index is -1.18. The fourth-order valence-corrected chi connectivity index (χ4v) is 5.18. The molecule has 2 rings (SSSR count). The van der Waals surface area contributed by atoms with Gasteiger partial charge in [-0.1, -0.05) is 40.2 Å². The molecule has 0 amide bonds. The molecule has 14 heteroatoms. The van der Waals surface area contributed by atoms with Crippen molar-refractivity contribution < 1.29 is 67.8 Å². The van der Waals surface area contributed by atoms with Gasteiger partial charge in [-0.3, -0.25) is 0 Å². The lowest BCUT2D eigenvalue weighted by atomic mass is 9.71. The molecular formula is C34H64O14. The Bertz CT molecular complexity index is 851. The van der Waals surface area contributed by atoms with E-state index in [1.807, 2.05) is 27.7 Å². The second kappa shape index (κ2) is 22.9.